The molecule has 2 nitrogen and oxygen atoms in total. The summed E-state index contributed by atoms with van der Waals surface area (Å²) in [5.74, 6) is 0.511. The van der Waals surface area contributed by atoms with E-state index in [1.165, 1.54) is 5.56 Å². The molecule has 0 amide bonds. The minimum Gasteiger partial charge on any atom is -0.329 e. The maximum Gasteiger partial charge on any atom is 0.0453 e. The van der Waals surface area contributed by atoms with Gasteiger partial charge in [0.05, 0.1) is 0 Å². The van der Waals surface area contributed by atoms with Crippen LogP contribution in [0.3, 0.4) is 0 Å². The van der Waals surface area contributed by atoms with Crippen molar-refractivity contribution < 1.29 is 0 Å². The molecular formula is C13H21ClN2. The lowest BCUT2D eigenvalue weighted by atomic mass is 9.94. The highest BCUT2D eigenvalue weighted by Crippen LogP contribution is 2.31. The predicted molar refractivity (Wildman–Crippen MR) is 70.7 cm³/mol. The number of hydrogen-bond donors (Lipinski definition) is 1. The summed E-state index contributed by atoms with van der Waals surface area (Å²) in [7, 11) is 2.10. The molecule has 2 N–H and O–H groups in total. The van der Waals surface area contributed by atoms with Crippen LogP contribution in [0.1, 0.15) is 25.5 Å². The predicted octanol–water partition coefficient (Wildman–Crippen LogP) is 2.93. The molecule has 1 unspecified atom stereocenters. The zero-order chi connectivity index (χ0) is 12.1. The Morgan fingerprint density at radius 2 is 1.94 bits per heavy atom. The summed E-state index contributed by atoms with van der Waals surface area (Å²) < 4.78 is 0. The Hall–Kier alpha value is -0.570. The van der Waals surface area contributed by atoms with Crippen molar-refractivity contribution in [3.8, 4) is 0 Å². The minimum absolute atomic E-state index is 0.331. The number of nitrogens with zero attached hydrogens (tertiary/aromatic N) is 1. The van der Waals surface area contributed by atoms with Crippen LogP contribution in [0.25, 0.3) is 0 Å². The minimum atomic E-state index is 0.331. The Kier molecular flexibility index (Phi) is 5.26. The molecule has 1 aromatic carbocycles. The second kappa shape index (κ2) is 6.24. The molecule has 0 saturated heterocycles. The lowest BCUT2D eigenvalue weighted by Gasteiger charge is -2.32. The summed E-state index contributed by atoms with van der Waals surface area (Å²) in [5.41, 5.74) is 6.80. The van der Waals surface area contributed by atoms with Crippen LogP contribution in [0.15, 0.2) is 24.3 Å². The van der Waals surface area contributed by atoms with Gasteiger partial charge in [0.2, 0.25) is 0 Å². The first kappa shape index (κ1) is 13.5. The Bertz CT molecular complexity index is 325. The van der Waals surface area contributed by atoms with Crippen LogP contribution >= 0.6 is 11.6 Å². The highest BCUT2D eigenvalue weighted by molar-refractivity contribution is 6.31. The summed E-state index contributed by atoms with van der Waals surface area (Å²) >= 11 is 6.25. The van der Waals surface area contributed by atoms with Crippen molar-refractivity contribution in [2.45, 2.75) is 19.9 Å². The van der Waals surface area contributed by atoms with Crippen LogP contribution < -0.4 is 5.73 Å². The van der Waals surface area contributed by atoms with Crippen molar-refractivity contribution in [3.63, 3.8) is 0 Å². The molecule has 0 fully saturated rings. The first-order valence-electron chi connectivity index (χ1n) is 5.72. The Balaban J connectivity index is 2.98. The quantitative estimate of drug-likeness (QED) is 0.858. The number of halogens is 1. The third kappa shape index (κ3) is 3.21. The zero-order valence-corrected chi connectivity index (χ0v) is 11.0. The first-order chi connectivity index (χ1) is 7.57. The molecule has 3 heteroatoms. The molecule has 0 aliphatic rings. The van der Waals surface area contributed by atoms with E-state index in [-0.39, 0.29) is 0 Å². The molecule has 0 spiro atoms. The van der Waals surface area contributed by atoms with Gasteiger partial charge in [0.1, 0.15) is 0 Å². The average Bonchev–Trinajstić information content (AvgIpc) is 2.21. The molecule has 90 valence electrons. The number of rotatable bonds is 5. The molecule has 0 aliphatic heterocycles. The molecule has 1 rings (SSSR count). The smallest absolute Gasteiger partial charge is 0.0453 e. The second-order valence-electron chi connectivity index (χ2n) is 4.48. The first-order valence-corrected chi connectivity index (χ1v) is 6.10. The van der Waals surface area contributed by atoms with Gasteiger partial charge in [-0.2, -0.15) is 0 Å². The second-order valence-corrected chi connectivity index (χ2v) is 4.89. The van der Waals surface area contributed by atoms with Gasteiger partial charge >= 0.3 is 0 Å². The fourth-order valence-electron chi connectivity index (χ4n) is 2.16. The van der Waals surface area contributed by atoms with Crippen molar-refractivity contribution in [1.29, 1.82) is 0 Å². The topological polar surface area (TPSA) is 29.3 Å². The van der Waals surface area contributed by atoms with Crippen LogP contribution in [0.2, 0.25) is 5.02 Å². The van der Waals surface area contributed by atoms with E-state index in [2.05, 4.69) is 31.9 Å². The lowest BCUT2D eigenvalue weighted by molar-refractivity contribution is 0.199. The van der Waals surface area contributed by atoms with Gasteiger partial charge in [-0.25, -0.2) is 0 Å². The Morgan fingerprint density at radius 1 is 1.31 bits per heavy atom. The maximum absolute atomic E-state index is 6.25. The van der Waals surface area contributed by atoms with Crippen LogP contribution in [0, 0.1) is 5.92 Å². The van der Waals surface area contributed by atoms with Crippen LogP contribution in [-0.2, 0) is 0 Å². The third-order valence-corrected chi connectivity index (χ3v) is 3.16. The zero-order valence-electron chi connectivity index (χ0n) is 10.3. The van der Waals surface area contributed by atoms with Gasteiger partial charge in [0.15, 0.2) is 0 Å². The fraction of sp³-hybridized carbons (Fsp3) is 0.538. The largest absolute Gasteiger partial charge is 0.329 e. The molecule has 1 atom stereocenters. The maximum atomic E-state index is 6.25. The Labute approximate surface area is 103 Å². The lowest BCUT2D eigenvalue weighted by Crippen LogP contribution is -2.32. The number of hydrogen-bond acceptors (Lipinski definition) is 2. The fourth-order valence-corrected chi connectivity index (χ4v) is 2.41. The number of benzene rings is 1. The summed E-state index contributed by atoms with van der Waals surface area (Å²) in [4.78, 5) is 2.27. The van der Waals surface area contributed by atoms with Crippen molar-refractivity contribution in [2.75, 3.05) is 20.1 Å². The van der Waals surface area contributed by atoms with Gasteiger partial charge in [0, 0.05) is 24.2 Å². The van der Waals surface area contributed by atoms with Crippen LogP contribution in [0.5, 0.6) is 0 Å². The highest BCUT2D eigenvalue weighted by Gasteiger charge is 2.21. The van der Waals surface area contributed by atoms with E-state index in [1.54, 1.807) is 0 Å². The standard InChI is InChI=1S/C13H21ClN2/c1-10(2)13(16(3)9-8-15)11-6-4-5-7-12(11)14/h4-7,10,13H,8-9,15H2,1-3H3. The van der Waals surface area contributed by atoms with Crippen LogP contribution in [-0.4, -0.2) is 25.0 Å². The molecule has 16 heavy (non-hydrogen) atoms. The van der Waals surface area contributed by atoms with Gasteiger partial charge in [-0.1, -0.05) is 43.6 Å². The van der Waals surface area contributed by atoms with Crippen molar-refractivity contribution >= 4 is 11.6 Å². The molecular weight excluding hydrogens is 220 g/mol. The molecule has 0 heterocycles. The molecule has 1 aromatic rings. The van der Waals surface area contributed by atoms with E-state index in [0.717, 1.165) is 11.6 Å². The summed E-state index contributed by atoms with van der Waals surface area (Å²) in [6.07, 6.45) is 0. The number of likely N-dealkylation sites (N-methyl/N-ethyl adjacent to an activating group) is 1. The van der Waals surface area contributed by atoms with Gasteiger partial charge in [-0.3, -0.25) is 4.90 Å². The molecule has 0 aromatic heterocycles. The summed E-state index contributed by atoms with van der Waals surface area (Å²) in [5, 5.41) is 0.838. The van der Waals surface area contributed by atoms with E-state index in [4.69, 9.17) is 17.3 Å². The molecule has 0 aliphatic carbocycles. The summed E-state index contributed by atoms with van der Waals surface area (Å²) in [6.45, 7) is 5.97. The van der Waals surface area contributed by atoms with E-state index < -0.39 is 0 Å². The normalized spacial score (nSPS) is 13.4. The SMILES string of the molecule is CC(C)C(c1ccccc1Cl)N(C)CCN. The summed E-state index contributed by atoms with van der Waals surface area (Å²) in [6, 6.07) is 8.37. The highest BCUT2D eigenvalue weighted by atomic mass is 35.5. The number of nitrogens with two attached hydrogens (primary N) is 1. The van der Waals surface area contributed by atoms with Gasteiger partial charge < -0.3 is 5.73 Å². The van der Waals surface area contributed by atoms with E-state index >= 15 is 0 Å². The van der Waals surface area contributed by atoms with E-state index in [0.29, 0.717) is 18.5 Å². The monoisotopic (exact) mass is 240 g/mol. The molecule has 0 radical (unpaired) electrons. The van der Waals surface area contributed by atoms with E-state index in [1.807, 2.05) is 18.2 Å². The molecule has 0 saturated carbocycles. The molecule has 0 bridgehead atoms. The third-order valence-electron chi connectivity index (χ3n) is 2.81. The average molecular weight is 241 g/mol. The van der Waals surface area contributed by atoms with Gasteiger partial charge in [-0.05, 0) is 24.6 Å². The van der Waals surface area contributed by atoms with E-state index in [9.17, 15) is 0 Å². The van der Waals surface area contributed by atoms with Gasteiger partial charge in [-0.15, -0.1) is 0 Å². The van der Waals surface area contributed by atoms with Crippen molar-refractivity contribution in [1.82, 2.24) is 4.90 Å². The van der Waals surface area contributed by atoms with Crippen LogP contribution in [0.4, 0.5) is 0 Å². The van der Waals surface area contributed by atoms with Gasteiger partial charge in [0.25, 0.3) is 0 Å². The van der Waals surface area contributed by atoms with Crippen molar-refractivity contribution in [2.24, 2.45) is 11.7 Å². The Morgan fingerprint density at radius 3 is 2.44 bits per heavy atom. The van der Waals surface area contributed by atoms with Crippen molar-refractivity contribution in [3.05, 3.63) is 34.9 Å².